The van der Waals surface area contributed by atoms with Crippen molar-refractivity contribution in [1.82, 2.24) is 15.3 Å². The summed E-state index contributed by atoms with van der Waals surface area (Å²) in [5.74, 6) is -0.694. The molecule has 0 saturated heterocycles. The normalized spacial score (nSPS) is 10.2. The number of nitrogens with two attached hydrogens (primary N) is 1. The zero-order valence-corrected chi connectivity index (χ0v) is 13.2. The molecule has 120 valence electrons. The van der Waals surface area contributed by atoms with Crippen molar-refractivity contribution in [1.29, 1.82) is 0 Å². The number of halogens is 1. The third-order valence-corrected chi connectivity index (χ3v) is 3.29. The number of anilines is 2. The zero-order valence-electron chi connectivity index (χ0n) is 12.5. The minimum absolute atomic E-state index is 0.0366. The third-order valence-electron chi connectivity index (χ3n) is 2.98. The van der Waals surface area contributed by atoms with Crippen molar-refractivity contribution < 1.29 is 9.59 Å². The molecule has 0 radical (unpaired) electrons. The summed E-state index contributed by atoms with van der Waals surface area (Å²) in [5, 5.41) is 5.72. The maximum Gasteiger partial charge on any atom is 0.273 e. The molecule has 4 N–H and O–H groups in total. The lowest BCUT2D eigenvalue weighted by molar-refractivity contribution is -0.116. The van der Waals surface area contributed by atoms with Crippen LogP contribution in [-0.4, -0.2) is 28.3 Å². The maximum absolute atomic E-state index is 11.9. The molecular weight excluding hydrogens is 318 g/mol. The van der Waals surface area contributed by atoms with Gasteiger partial charge in [0.1, 0.15) is 0 Å². The van der Waals surface area contributed by atoms with E-state index < -0.39 is 5.91 Å². The fourth-order valence-corrected chi connectivity index (χ4v) is 2.11. The molecule has 0 spiro atoms. The maximum atomic E-state index is 11.9. The van der Waals surface area contributed by atoms with Crippen molar-refractivity contribution in [3.8, 4) is 0 Å². The summed E-state index contributed by atoms with van der Waals surface area (Å²) in [5.41, 5.74) is 7.13. The average Bonchev–Trinajstić information content (AvgIpc) is 2.50. The highest BCUT2D eigenvalue weighted by atomic mass is 35.5. The van der Waals surface area contributed by atoms with Gasteiger partial charge in [-0.3, -0.25) is 9.59 Å². The van der Waals surface area contributed by atoms with Crippen molar-refractivity contribution in [2.45, 2.75) is 13.3 Å². The first kappa shape index (κ1) is 16.7. The van der Waals surface area contributed by atoms with Gasteiger partial charge in [0.25, 0.3) is 5.91 Å². The predicted octanol–water partition coefficient (Wildman–Crippen LogP) is 1.78. The first-order chi connectivity index (χ1) is 11.0. The van der Waals surface area contributed by atoms with Crippen molar-refractivity contribution >= 4 is 34.9 Å². The molecule has 2 aromatic rings. The van der Waals surface area contributed by atoms with Crippen LogP contribution in [0.15, 0.2) is 30.6 Å². The van der Waals surface area contributed by atoms with Gasteiger partial charge < -0.3 is 16.4 Å². The highest BCUT2D eigenvalue weighted by molar-refractivity contribution is 6.33. The Kier molecular flexibility index (Phi) is 5.48. The second-order valence-corrected chi connectivity index (χ2v) is 5.23. The lowest BCUT2D eigenvalue weighted by atomic mass is 10.2. The predicted molar refractivity (Wildman–Crippen MR) is 88.2 cm³/mol. The van der Waals surface area contributed by atoms with Crippen molar-refractivity contribution in [3.05, 3.63) is 46.9 Å². The number of aryl methyl sites for hydroxylation is 1. The van der Waals surface area contributed by atoms with Crippen molar-refractivity contribution in [2.75, 3.05) is 17.6 Å². The van der Waals surface area contributed by atoms with E-state index in [0.717, 1.165) is 5.56 Å². The molecule has 0 unspecified atom stereocenters. The van der Waals surface area contributed by atoms with Crippen LogP contribution in [-0.2, 0) is 4.79 Å². The molecule has 23 heavy (non-hydrogen) atoms. The lowest BCUT2D eigenvalue weighted by Crippen LogP contribution is -2.29. The number of aromatic nitrogens is 2. The van der Waals surface area contributed by atoms with Gasteiger partial charge in [0.15, 0.2) is 11.5 Å². The van der Waals surface area contributed by atoms with Gasteiger partial charge in [0.05, 0.1) is 10.7 Å². The fourth-order valence-electron chi connectivity index (χ4n) is 1.83. The standard InChI is InChI=1S/C15H16ClN5O2/c1-9-2-3-11(10(16)8-9)21-12(22)4-5-20-15(23)13-14(17)19-7-6-18-13/h2-3,6-8H,4-5H2,1H3,(H2,17,19)(H,20,23)(H,21,22). The van der Waals surface area contributed by atoms with E-state index in [1.807, 2.05) is 13.0 Å². The number of hydrogen-bond donors (Lipinski definition) is 3. The Morgan fingerprint density at radius 3 is 2.70 bits per heavy atom. The Morgan fingerprint density at radius 1 is 1.26 bits per heavy atom. The number of amides is 2. The SMILES string of the molecule is Cc1ccc(NC(=O)CCNC(=O)c2nccnc2N)c(Cl)c1. The molecule has 0 saturated carbocycles. The Labute approximate surface area is 138 Å². The van der Waals surface area contributed by atoms with Crippen LogP contribution in [0.4, 0.5) is 11.5 Å². The van der Waals surface area contributed by atoms with Gasteiger partial charge in [-0.25, -0.2) is 9.97 Å². The minimum Gasteiger partial charge on any atom is -0.382 e. The minimum atomic E-state index is -0.475. The second kappa shape index (κ2) is 7.55. The molecule has 8 heteroatoms. The van der Waals surface area contributed by atoms with Gasteiger partial charge in [-0.05, 0) is 24.6 Å². The van der Waals surface area contributed by atoms with Gasteiger partial charge in [-0.1, -0.05) is 17.7 Å². The Hall–Kier alpha value is -2.67. The van der Waals surface area contributed by atoms with Gasteiger partial charge in [0, 0.05) is 25.4 Å². The van der Waals surface area contributed by atoms with Gasteiger partial charge >= 0.3 is 0 Å². The molecule has 0 bridgehead atoms. The van der Waals surface area contributed by atoms with E-state index in [1.54, 1.807) is 12.1 Å². The smallest absolute Gasteiger partial charge is 0.273 e. The van der Waals surface area contributed by atoms with E-state index in [-0.39, 0.29) is 30.4 Å². The summed E-state index contributed by atoms with van der Waals surface area (Å²) in [4.78, 5) is 31.3. The first-order valence-corrected chi connectivity index (χ1v) is 7.26. The van der Waals surface area contributed by atoms with Crippen LogP contribution >= 0.6 is 11.6 Å². The topological polar surface area (TPSA) is 110 Å². The summed E-state index contributed by atoms with van der Waals surface area (Å²) in [6, 6.07) is 5.34. The van der Waals surface area contributed by atoms with E-state index in [1.165, 1.54) is 12.4 Å². The largest absolute Gasteiger partial charge is 0.382 e. The number of carbonyl (C=O) groups is 2. The van der Waals surface area contributed by atoms with E-state index >= 15 is 0 Å². The molecule has 2 amide bonds. The number of rotatable bonds is 5. The van der Waals surface area contributed by atoms with E-state index in [0.29, 0.717) is 10.7 Å². The van der Waals surface area contributed by atoms with Crippen molar-refractivity contribution in [3.63, 3.8) is 0 Å². The van der Waals surface area contributed by atoms with E-state index in [9.17, 15) is 9.59 Å². The van der Waals surface area contributed by atoms with E-state index in [4.69, 9.17) is 17.3 Å². The molecule has 0 fully saturated rings. The first-order valence-electron chi connectivity index (χ1n) is 6.88. The molecule has 0 aliphatic carbocycles. The van der Waals surface area contributed by atoms with Crippen LogP contribution in [0.1, 0.15) is 22.5 Å². The number of nitrogens with zero attached hydrogens (tertiary/aromatic N) is 2. The number of nitrogens with one attached hydrogen (secondary N) is 2. The lowest BCUT2D eigenvalue weighted by Gasteiger charge is -2.09. The Balaban J connectivity index is 1.83. The number of nitrogen functional groups attached to an aromatic ring is 1. The number of benzene rings is 1. The summed E-state index contributed by atoms with van der Waals surface area (Å²) in [7, 11) is 0. The fraction of sp³-hybridized carbons (Fsp3) is 0.200. The molecule has 1 aromatic carbocycles. The quantitative estimate of drug-likeness (QED) is 0.772. The molecule has 7 nitrogen and oxygen atoms in total. The molecule has 0 aliphatic heterocycles. The summed E-state index contributed by atoms with van der Waals surface area (Å²) in [6.45, 7) is 2.05. The second-order valence-electron chi connectivity index (χ2n) is 4.83. The van der Waals surface area contributed by atoms with Gasteiger partial charge in [-0.2, -0.15) is 0 Å². The Bertz CT molecular complexity index is 736. The van der Waals surface area contributed by atoms with E-state index in [2.05, 4.69) is 20.6 Å². The Morgan fingerprint density at radius 2 is 2.00 bits per heavy atom. The van der Waals surface area contributed by atoms with Gasteiger partial charge in [-0.15, -0.1) is 0 Å². The molecular formula is C15H16ClN5O2. The molecule has 2 rings (SSSR count). The van der Waals surface area contributed by atoms with Crippen LogP contribution in [0.3, 0.4) is 0 Å². The summed E-state index contributed by atoms with van der Waals surface area (Å²) >= 11 is 6.04. The third kappa shape index (κ3) is 4.65. The molecule has 0 atom stereocenters. The highest BCUT2D eigenvalue weighted by Gasteiger charge is 2.12. The van der Waals surface area contributed by atoms with Gasteiger partial charge in [0.2, 0.25) is 5.91 Å². The van der Waals surface area contributed by atoms with Crippen LogP contribution in [0.25, 0.3) is 0 Å². The highest BCUT2D eigenvalue weighted by Crippen LogP contribution is 2.22. The zero-order chi connectivity index (χ0) is 16.8. The molecule has 0 aliphatic rings. The van der Waals surface area contributed by atoms with Crippen LogP contribution < -0.4 is 16.4 Å². The number of carbonyl (C=O) groups excluding carboxylic acids is 2. The van der Waals surface area contributed by atoms with Crippen molar-refractivity contribution in [2.24, 2.45) is 0 Å². The molecule has 1 heterocycles. The summed E-state index contributed by atoms with van der Waals surface area (Å²) < 4.78 is 0. The molecule has 1 aromatic heterocycles. The van der Waals surface area contributed by atoms with Crippen LogP contribution in [0.5, 0.6) is 0 Å². The van der Waals surface area contributed by atoms with Crippen LogP contribution in [0.2, 0.25) is 5.02 Å². The summed E-state index contributed by atoms with van der Waals surface area (Å²) in [6.07, 6.45) is 2.86. The average molecular weight is 334 g/mol. The van der Waals surface area contributed by atoms with Crippen LogP contribution in [0, 0.1) is 6.92 Å². The monoisotopic (exact) mass is 333 g/mol. The number of hydrogen-bond acceptors (Lipinski definition) is 5.